The number of nitrogens with zero attached hydrogens (tertiary/aromatic N) is 3. The van der Waals surface area contributed by atoms with E-state index in [2.05, 4.69) is 5.10 Å². The van der Waals surface area contributed by atoms with Crippen molar-refractivity contribution in [3.05, 3.63) is 93.2 Å². The van der Waals surface area contributed by atoms with Gasteiger partial charge in [0.2, 0.25) is 5.43 Å². The number of ether oxygens (including phenoxy) is 1. The van der Waals surface area contributed by atoms with Crippen LogP contribution in [-0.4, -0.2) is 40.3 Å². The van der Waals surface area contributed by atoms with Crippen LogP contribution >= 0.6 is 0 Å². The third-order valence-corrected chi connectivity index (χ3v) is 6.72. The van der Waals surface area contributed by atoms with Gasteiger partial charge >= 0.3 is 0 Å². The molecule has 3 atom stereocenters. The van der Waals surface area contributed by atoms with Gasteiger partial charge in [-0.1, -0.05) is 24.3 Å². The van der Waals surface area contributed by atoms with Crippen LogP contribution < -0.4 is 10.2 Å². The normalized spacial score (nSPS) is 20.6. The van der Waals surface area contributed by atoms with Crippen molar-refractivity contribution in [1.29, 1.82) is 0 Å². The van der Waals surface area contributed by atoms with Gasteiger partial charge in [-0.25, -0.2) is 4.39 Å². The number of halogens is 1. The van der Waals surface area contributed by atoms with Gasteiger partial charge in [-0.05, 0) is 55.2 Å². The summed E-state index contributed by atoms with van der Waals surface area (Å²) in [5.74, 6) is 0.0408. The van der Waals surface area contributed by atoms with E-state index >= 15 is 0 Å². The first-order valence-corrected chi connectivity index (χ1v) is 10.8. The lowest BCUT2D eigenvalue weighted by molar-refractivity contribution is 0.0570. The van der Waals surface area contributed by atoms with Crippen molar-refractivity contribution in [3.8, 4) is 5.75 Å². The molecule has 0 unspecified atom stereocenters. The van der Waals surface area contributed by atoms with Crippen molar-refractivity contribution in [2.75, 3.05) is 13.7 Å². The van der Waals surface area contributed by atoms with E-state index < -0.39 is 0 Å². The summed E-state index contributed by atoms with van der Waals surface area (Å²) in [6.45, 7) is 2.33. The Morgan fingerprint density at radius 1 is 1.12 bits per heavy atom. The molecule has 5 rings (SSSR count). The van der Waals surface area contributed by atoms with Gasteiger partial charge in [0.1, 0.15) is 17.3 Å². The van der Waals surface area contributed by atoms with Crippen molar-refractivity contribution >= 4 is 5.91 Å². The molecule has 3 heterocycles. The molecule has 6 nitrogen and oxygen atoms in total. The van der Waals surface area contributed by atoms with E-state index in [4.69, 9.17) is 4.74 Å². The maximum absolute atomic E-state index is 13.8. The van der Waals surface area contributed by atoms with Gasteiger partial charge in [-0.3, -0.25) is 14.3 Å². The molecule has 2 aliphatic heterocycles. The molecule has 2 aromatic carbocycles. The van der Waals surface area contributed by atoms with Gasteiger partial charge in [0, 0.05) is 18.0 Å². The lowest BCUT2D eigenvalue weighted by Gasteiger charge is -2.43. The highest BCUT2D eigenvalue weighted by Gasteiger charge is 2.47. The minimum atomic E-state index is -0.308. The van der Waals surface area contributed by atoms with Crippen molar-refractivity contribution in [2.45, 2.75) is 37.8 Å². The smallest absolute Gasteiger partial charge is 0.272 e. The van der Waals surface area contributed by atoms with Crippen LogP contribution in [0.1, 0.15) is 52.0 Å². The van der Waals surface area contributed by atoms with E-state index in [1.165, 1.54) is 18.3 Å². The summed E-state index contributed by atoms with van der Waals surface area (Å²) in [6.07, 6.45) is 3.01. The number of benzene rings is 2. The molecule has 2 aliphatic rings. The number of hydrogen-bond acceptors (Lipinski definition) is 4. The van der Waals surface area contributed by atoms with Crippen LogP contribution in [0, 0.1) is 12.7 Å². The molecular formula is C25H24FN3O3. The molecule has 0 radical (unpaired) electrons. The molecule has 7 heteroatoms. The minimum Gasteiger partial charge on any atom is -0.497 e. The van der Waals surface area contributed by atoms with Crippen LogP contribution in [-0.2, 0) is 0 Å². The summed E-state index contributed by atoms with van der Waals surface area (Å²) >= 11 is 0. The average Bonchev–Trinajstić information content (AvgIpc) is 3.30. The number of rotatable bonds is 4. The Bertz CT molecular complexity index is 1240. The summed E-state index contributed by atoms with van der Waals surface area (Å²) in [5.41, 5.74) is 2.39. The molecule has 0 bridgehead atoms. The second-order valence-electron chi connectivity index (χ2n) is 8.43. The molecule has 1 amide bonds. The standard InChI is InChI=1S/C25H24FN3O3/c1-15-21(30)14-27-29-23(15)25(31)28-12-4-7-20(28)24(29)22(16-8-10-18(26)11-9-16)17-5-3-6-19(13-17)32-2/h3,5-6,8-11,13-14,20,22,24H,4,7,12H2,1-2H3/t20-,22-,24-/m1/s1. The topological polar surface area (TPSA) is 64.4 Å². The molecule has 1 aromatic heterocycles. The average molecular weight is 433 g/mol. The fourth-order valence-electron chi connectivity index (χ4n) is 5.20. The van der Waals surface area contributed by atoms with E-state index in [0.717, 1.165) is 24.0 Å². The third kappa shape index (κ3) is 3.20. The molecular weight excluding hydrogens is 409 g/mol. The first-order chi connectivity index (χ1) is 15.5. The summed E-state index contributed by atoms with van der Waals surface area (Å²) in [6, 6.07) is 13.9. The van der Waals surface area contributed by atoms with E-state index in [1.807, 2.05) is 29.2 Å². The van der Waals surface area contributed by atoms with Crippen LogP contribution in [0.5, 0.6) is 5.75 Å². The van der Waals surface area contributed by atoms with Crippen LogP contribution in [0.2, 0.25) is 0 Å². The Morgan fingerprint density at radius 2 is 1.91 bits per heavy atom. The van der Waals surface area contributed by atoms with Gasteiger partial charge in [0.05, 0.1) is 25.4 Å². The fraction of sp³-hybridized carbons (Fsp3) is 0.320. The lowest BCUT2D eigenvalue weighted by Crippen LogP contribution is -2.51. The number of carbonyl (C=O) groups excluding carboxylic acids is 1. The van der Waals surface area contributed by atoms with Crippen molar-refractivity contribution < 1.29 is 13.9 Å². The summed E-state index contributed by atoms with van der Waals surface area (Å²) in [7, 11) is 1.62. The molecule has 164 valence electrons. The molecule has 1 fully saturated rings. The van der Waals surface area contributed by atoms with Gasteiger partial charge in [-0.2, -0.15) is 5.10 Å². The van der Waals surface area contributed by atoms with E-state index in [-0.39, 0.29) is 35.2 Å². The predicted molar refractivity (Wildman–Crippen MR) is 118 cm³/mol. The number of methoxy groups -OCH3 is 1. The molecule has 0 saturated carbocycles. The molecule has 32 heavy (non-hydrogen) atoms. The first-order valence-electron chi connectivity index (χ1n) is 10.8. The third-order valence-electron chi connectivity index (χ3n) is 6.72. The maximum atomic E-state index is 13.8. The molecule has 0 N–H and O–H groups in total. The largest absolute Gasteiger partial charge is 0.497 e. The Labute approximate surface area is 185 Å². The van der Waals surface area contributed by atoms with E-state index in [1.54, 1.807) is 30.8 Å². The Hall–Kier alpha value is -3.48. The van der Waals surface area contributed by atoms with Gasteiger partial charge in [0.25, 0.3) is 5.91 Å². The highest BCUT2D eigenvalue weighted by Crippen LogP contribution is 2.45. The first kappa shape index (κ1) is 20.4. The van der Waals surface area contributed by atoms with Crippen LogP contribution in [0.25, 0.3) is 0 Å². The number of hydrogen-bond donors (Lipinski definition) is 0. The number of amides is 1. The van der Waals surface area contributed by atoms with Gasteiger partial charge in [-0.15, -0.1) is 0 Å². The summed E-state index contributed by atoms with van der Waals surface area (Å²) in [4.78, 5) is 27.6. The summed E-state index contributed by atoms with van der Waals surface area (Å²) in [5, 5.41) is 4.46. The van der Waals surface area contributed by atoms with Crippen molar-refractivity contribution in [1.82, 2.24) is 14.7 Å². The Kier molecular flexibility index (Phi) is 5.04. The second kappa shape index (κ2) is 7.89. The monoisotopic (exact) mass is 433 g/mol. The zero-order valence-electron chi connectivity index (χ0n) is 18.0. The summed E-state index contributed by atoms with van der Waals surface area (Å²) < 4.78 is 21.0. The zero-order valence-corrected chi connectivity index (χ0v) is 18.0. The quantitative estimate of drug-likeness (QED) is 0.630. The van der Waals surface area contributed by atoms with E-state index in [9.17, 15) is 14.0 Å². The maximum Gasteiger partial charge on any atom is 0.272 e. The number of carbonyl (C=O) groups is 1. The molecule has 1 saturated heterocycles. The highest BCUT2D eigenvalue weighted by molar-refractivity contribution is 5.95. The van der Waals surface area contributed by atoms with Gasteiger partial charge < -0.3 is 9.64 Å². The molecule has 0 aliphatic carbocycles. The molecule has 3 aromatic rings. The lowest BCUT2D eigenvalue weighted by atomic mass is 9.79. The minimum absolute atomic E-state index is 0.0781. The second-order valence-corrected chi connectivity index (χ2v) is 8.43. The fourth-order valence-corrected chi connectivity index (χ4v) is 5.20. The SMILES string of the molecule is COc1cccc([C@@H](c2ccc(F)cc2)[C@H]2[C@H]3CCCN3C(=O)c3c(C)c(=O)cnn32)c1. The van der Waals surface area contributed by atoms with Crippen LogP contribution in [0.15, 0.2) is 59.5 Å². The van der Waals surface area contributed by atoms with Crippen molar-refractivity contribution in [3.63, 3.8) is 0 Å². The van der Waals surface area contributed by atoms with Crippen molar-refractivity contribution in [2.24, 2.45) is 0 Å². The van der Waals surface area contributed by atoms with Crippen LogP contribution in [0.4, 0.5) is 4.39 Å². The molecule has 0 spiro atoms. The predicted octanol–water partition coefficient (Wildman–Crippen LogP) is 3.69. The van der Waals surface area contributed by atoms with E-state index in [0.29, 0.717) is 23.6 Å². The Balaban J connectivity index is 1.77. The zero-order chi connectivity index (χ0) is 22.4. The van der Waals surface area contributed by atoms with Gasteiger partial charge in [0.15, 0.2) is 0 Å². The van der Waals surface area contributed by atoms with Crippen LogP contribution in [0.3, 0.4) is 0 Å². The number of fused-ring (bicyclic) bond motifs is 2. The Morgan fingerprint density at radius 3 is 2.66 bits per heavy atom. The number of aromatic nitrogens is 2. The highest BCUT2D eigenvalue weighted by atomic mass is 19.1.